The van der Waals surface area contributed by atoms with E-state index >= 15 is 0 Å². The third-order valence-electron chi connectivity index (χ3n) is 3.67. The fourth-order valence-corrected chi connectivity index (χ4v) is 2.68. The smallest absolute Gasteiger partial charge is 0.0204 e. The molecule has 1 aromatic carbocycles. The maximum absolute atomic E-state index is 3.66. The first kappa shape index (κ1) is 9.37. The molecule has 1 fully saturated rings. The summed E-state index contributed by atoms with van der Waals surface area (Å²) < 4.78 is 0. The van der Waals surface area contributed by atoms with Crippen LogP contribution in [0.4, 0.5) is 0 Å². The summed E-state index contributed by atoms with van der Waals surface area (Å²) in [6.07, 6.45) is 2.55. The van der Waals surface area contributed by atoms with Crippen molar-refractivity contribution in [3.63, 3.8) is 0 Å². The lowest BCUT2D eigenvalue weighted by Crippen LogP contribution is -2.37. The van der Waals surface area contributed by atoms with Gasteiger partial charge >= 0.3 is 0 Å². The summed E-state index contributed by atoms with van der Waals surface area (Å²) in [5.41, 5.74) is 3.12. The van der Waals surface area contributed by atoms with E-state index in [2.05, 4.69) is 34.9 Å². The predicted molar refractivity (Wildman–Crippen MR) is 62.2 cm³/mol. The second kappa shape index (κ2) is 3.95. The lowest BCUT2D eigenvalue weighted by Gasteiger charge is -2.31. The zero-order valence-electron chi connectivity index (χ0n) is 9.00. The van der Waals surface area contributed by atoms with Gasteiger partial charge in [-0.25, -0.2) is 0 Å². The molecule has 0 radical (unpaired) electrons. The number of rotatable bonds is 3. The zero-order chi connectivity index (χ0) is 10.1. The van der Waals surface area contributed by atoms with Crippen molar-refractivity contribution in [3.05, 3.63) is 35.4 Å². The summed E-state index contributed by atoms with van der Waals surface area (Å²) in [5.74, 6) is 0.766. The van der Waals surface area contributed by atoms with E-state index in [4.69, 9.17) is 0 Å². The molecule has 1 heterocycles. The minimum Gasteiger partial charge on any atom is -0.315 e. The molecule has 2 aliphatic rings. The highest BCUT2D eigenvalue weighted by molar-refractivity contribution is 5.40. The Kier molecular flexibility index (Phi) is 2.47. The molecule has 80 valence electrons. The van der Waals surface area contributed by atoms with Crippen molar-refractivity contribution < 1.29 is 0 Å². The number of nitrogens with one attached hydrogen (secondary N) is 2. The molecule has 1 aliphatic heterocycles. The molecule has 0 spiro atoms. The molecule has 1 aliphatic carbocycles. The van der Waals surface area contributed by atoms with Crippen LogP contribution in [0.15, 0.2) is 24.3 Å². The van der Waals surface area contributed by atoms with Crippen LogP contribution in [0.1, 0.15) is 23.5 Å². The largest absolute Gasteiger partial charge is 0.315 e. The van der Waals surface area contributed by atoms with E-state index in [1.54, 1.807) is 11.1 Å². The van der Waals surface area contributed by atoms with Crippen LogP contribution in [0, 0.1) is 0 Å². The normalized spacial score (nSPS) is 28.5. The molecule has 0 aromatic heterocycles. The fourth-order valence-electron chi connectivity index (χ4n) is 2.68. The Morgan fingerprint density at radius 1 is 1.33 bits per heavy atom. The maximum Gasteiger partial charge on any atom is 0.0204 e. The Morgan fingerprint density at radius 3 is 3.07 bits per heavy atom. The van der Waals surface area contributed by atoms with Crippen LogP contribution < -0.4 is 10.6 Å². The first-order valence-corrected chi connectivity index (χ1v) is 5.95. The first-order chi connectivity index (χ1) is 7.43. The third-order valence-corrected chi connectivity index (χ3v) is 3.67. The van der Waals surface area contributed by atoms with E-state index in [1.165, 1.54) is 19.4 Å². The Labute approximate surface area is 91.1 Å². The predicted octanol–water partition coefficient (Wildman–Crippen LogP) is 1.28. The van der Waals surface area contributed by atoms with Gasteiger partial charge in [0, 0.05) is 25.0 Å². The van der Waals surface area contributed by atoms with Gasteiger partial charge in [-0.05, 0) is 30.5 Å². The number of fused-ring (bicyclic) bond motifs is 1. The van der Waals surface area contributed by atoms with E-state index in [-0.39, 0.29) is 0 Å². The van der Waals surface area contributed by atoms with Crippen LogP contribution in [0.5, 0.6) is 0 Å². The van der Waals surface area contributed by atoms with E-state index in [1.807, 2.05) is 0 Å². The van der Waals surface area contributed by atoms with Crippen LogP contribution >= 0.6 is 0 Å². The molecular formula is C13H18N2. The number of hydrogen-bond donors (Lipinski definition) is 2. The Morgan fingerprint density at radius 2 is 2.27 bits per heavy atom. The average Bonchev–Trinajstić information content (AvgIpc) is 2.72. The molecule has 1 saturated heterocycles. The molecule has 0 saturated carbocycles. The summed E-state index contributed by atoms with van der Waals surface area (Å²) in [4.78, 5) is 0. The minimum atomic E-state index is 0.706. The summed E-state index contributed by atoms with van der Waals surface area (Å²) >= 11 is 0. The Bertz CT molecular complexity index is 342. The van der Waals surface area contributed by atoms with Gasteiger partial charge in [0.15, 0.2) is 0 Å². The quantitative estimate of drug-likeness (QED) is 0.771. The van der Waals surface area contributed by atoms with Crippen LogP contribution in [0.2, 0.25) is 0 Å². The molecule has 2 N–H and O–H groups in total. The van der Waals surface area contributed by atoms with E-state index < -0.39 is 0 Å². The Hall–Kier alpha value is -0.860. The molecule has 2 nitrogen and oxygen atoms in total. The van der Waals surface area contributed by atoms with Crippen molar-refractivity contribution in [1.29, 1.82) is 0 Å². The van der Waals surface area contributed by atoms with E-state index in [0.29, 0.717) is 6.04 Å². The van der Waals surface area contributed by atoms with Crippen molar-refractivity contribution in [1.82, 2.24) is 10.6 Å². The van der Waals surface area contributed by atoms with Gasteiger partial charge in [0.1, 0.15) is 0 Å². The molecule has 1 aromatic rings. The van der Waals surface area contributed by atoms with Crippen molar-refractivity contribution >= 4 is 0 Å². The van der Waals surface area contributed by atoms with Crippen molar-refractivity contribution in [2.24, 2.45) is 0 Å². The third kappa shape index (κ3) is 1.80. The lowest BCUT2D eigenvalue weighted by molar-refractivity contribution is 0.478. The van der Waals surface area contributed by atoms with Crippen LogP contribution in [-0.4, -0.2) is 25.7 Å². The van der Waals surface area contributed by atoms with Gasteiger partial charge in [0.25, 0.3) is 0 Å². The SMILES string of the molecule is c1ccc2c(c1)CC2CNC1CCNC1. The summed E-state index contributed by atoms with van der Waals surface area (Å²) in [6.45, 7) is 3.48. The maximum atomic E-state index is 3.66. The van der Waals surface area contributed by atoms with Gasteiger partial charge in [-0.3, -0.25) is 0 Å². The summed E-state index contributed by atoms with van der Waals surface area (Å²) in [7, 11) is 0. The fraction of sp³-hybridized carbons (Fsp3) is 0.538. The molecule has 2 unspecified atom stereocenters. The summed E-state index contributed by atoms with van der Waals surface area (Å²) in [6, 6.07) is 9.53. The Balaban J connectivity index is 1.54. The summed E-state index contributed by atoms with van der Waals surface area (Å²) in [5, 5.41) is 7.05. The van der Waals surface area contributed by atoms with Crippen molar-refractivity contribution in [2.45, 2.75) is 24.8 Å². The number of hydrogen-bond acceptors (Lipinski definition) is 2. The van der Waals surface area contributed by atoms with Crippen LogP contribution in [0.3, 0.4) is 0 Å². The molecular weight excluding hydrogens is 184 g/mol. The molecule has 2 heteroatoms. The molecule has 15 heavy (non-hydrogen) atoms. The van der Waals surface area contributed by atoms with Crippen molar-refractivity contribution in [3.8, 4) is 0 Å². The van der Waals surface area contributed by atoms with E-state index in [9.17, 15) is 0 Å². The van der Waals surface area contributed by atoms with Gasteiger partial charge in [-0.2, -0.15) is 0 Å². The van der Waals surface area contributed by atoms with Gasteiger partial charge in [-0.1, -0.05) is 24.3 Å². The topological polar surface area (TPSA) is 24.1 Å². The van der Waals surface area contributed by atoms with Crippen molar-refractivity contribution in [2.75, 3.05) is 19.6 Å². The highest BCUT2D eigenvalue weighted by Crippen LogP contribution is 2.34. The van der Waals surface area contributed by atoms with Crippen LogP contribution in [-0.2, 0) is 6.42 Å². The lowest BCUT2D eigenvalue weighted by atomic mass is 9.77. The molecule has 3 rings (SSSR count). The standard InChI is InChI=1S/C13H18N2/c1-2-4-13-10(3-1)7-11(13)8-15-12-5-6-14-9-12/h1-4,11-12,14-15H,5-9H2. The molecule has 2 atom stereocenters. The number of benzene rings is 1. The zero-order valence-corrected chi connectivity index (χ0v) is 9.00. The van der Waals surface area contributed by atoms with Gasteiger partial charge in [0.05, 0.1) is 0 Å². The highest BCUT2D eigenvalue weighted by atomic mass is 15.0. The van der Waals surface area contributed by atoms with Gasteiger partial charge in [0.2, 0.25) is 0 Å². The average molecular weight is 202 g/mol. The second-order valence-electron chi connectivity index (χ2n) is 4.70. The molecule has 0 bridgehead atoms. The van der Waals surface area contributed by atoms with Gasteiger partial charge in [-0.15, -0.1) is 0 Å². The second-order valence-corrected chi connectivity index (χ2v) is 4.70. The van der Waals surface area contributed by atoms with E-state index in [0.717, 1.165) is 19.0 Å². The first-order valence-electron chi connectivity index (χ1n) is 5.95. The minimum absolute atomic E-state index is 0.706. The monoisotopic (exact) mass is 202 g/mol. The van der Waals surface area contributed by atoms with Crippen LogP contribution in [0.25, 0.3) is 0 Å². The molecule has 0 amide bonds. The van der Waals surface area contributed by atoms with Gasteiger partial charge < -0.3 is 10.6 Å². The highest BCUT2D eigenvalue weighted by Gasteiger charge is 2.26.